The zero-order valence-corrected chi connectivity index (χ0v) is 8.57. The second-order valence-electron chi connectivity index (χ2n) is 4.25. The highest BCUT2D eigenvalue weighted by molar-refractivity contribution is 5.74. The van der Waals surface area contributed by atoms with Crippen LogP contribution in [0.2, 0.25) is 0 Å². The number of ether oxygens (including phenoxy) is 1. The summed E-state index contributed by atoms with van der Waals surface area (Å²) >= 11 is 0. The first-order chi connectivity index (χ1) is 7.33. The molecule has 2 fully saturated rings. The van der Waals surface area contributed by atoms with Crippen molar-refractivity contribution >= 4 is 6.02 Å². The number of hydrogen-bond donors (Lipinski definition) is 1. The van der Waals surface area contributed by atoms with E-state index in [4.69, 9.17) is 10.1 Å². The summed E-state index contributed by atoms with van der Waals surface area (Å²) in [4.78, 5) is 2.10. The molecule has 0 saturated carbocycles. The van der Waals surface area contributed by atoms with Gasteiger partial charge in [-0.15, -0.1) is 0 Å². The van der Waals surface area contributed by atoms with E-state index in [1.807, 2.05) is 6.07 Å². The summed E-state index contributed by atoms with van der Waals surface area (Å²) in [6.07, 6.45) is 2.25. The van der Waals surface area contributed by atoms with Crippen LogP contribution in [-0.2, 0) is 10.3 Å². The molecule has 0 spiro atoms. The number of fused-ring (bicyclic) bond motifs is 1. The van der Waals surface area contributed by atoms with E-state index < -0.39 is 0 Å². The molecule has 3 heteroatoms. The van der Waals surface area contributed by atoms with Crippen molar-refractivity contribution < 1.29 is 4.74 Å². The Kier molecular flexibility index (Phi) is 1.75. The van der Waals surface area contributed by atoms with Crippen LogP contribution in [0.5, 0.6) is 0 Å². The maximum Gasteiger partial charge on any atom is 0.285 e. The quantitative estimate of drug-likeness (QED) is 0.755. The molecule has 0 aliphatic carbocycles. The minimum absolute atomic E-state index is 0.0433. The van der Waals surface area contributed by atoms with Gasteiger partial charge < -0.3 is 9.64 Å². The molecule has 1 N–H and O–H groups in total. The maximum atomic E-state index is 7.75. The molecular weight excluding hydrogens is 188 g/mol. The van der Waals surface area contributed by atoms with E-state index in [0.29, 0.717) is 12.6 Å². The van der Waals surface area contributed by atoms with Crippen molar-refractivity contribution in [3.05, 3.63) is 35.9 Å². The van der Waals surface area contributed by atoms with Crippen LogP contribution in [0.4, 0.5) is 0 Å². The fraction of sp³-hybridized carbons (Fsp3) is 0.417. The van der Waals surface area contributed by atoms with E-state index in [9.17, 15) is 0 Å². The predicted octanol–water partition coefficient (Wildman–Crippen LogP) is 1.94. The normalized spacial score (nSPS) is 29.1. The monoisotopic (exact) mass is 202 g/mol. The van der Waals surface area contributed by atoms with Crippen molar-refractivity contribution in [3.63, 3.8) is 0 Å². The number of hydrogen-bond acceptors (Lipinski definition) is 2. The van der Waals surface area contributed by atoms with Gasteiger partial charge in [0.05, 0.1) is 0 Å². The second kappa shape index (κ2) is 2.99. The highest BCUT2D eigenvalue weighted by Crippen LogP contribution is 2.42. The molecule has 1 aromatic rings. The Bertz CT molecular complexity index is 390. The van der Waals surface area contributed by atoms with Gasteiger partial charge in [0.2, 0.25) is 0 Å². The van der Waals surface area contributed by atoms with Crippen molar-refractivity contribution in [2.75, 3.05) is 13.2 Å². The molecule has 2 heterocycles. The summed E-state index contributed by atoms with van der Waals surface area (Å²) < 4.78 is 5.39. The van der Waals surface area contributed by atoms with E-state index in [2.05, 4.69) is 29.2 Å². The van der Waals surface area contributed by atoms with Crippen LogP contribution < -0.4 is 0 Å². The average Bonchev–Trinajstić information content (AvgIpc) is 2.83. The molecule has 2 aliphatic rings. The summed E-state index contributed by atoms with van der Waals surface area (Å²) in [7, 11) is 0. The Labute approximate surface area is 89.2 Å². The van der Waals surface area contributed by atoms with E-state index in [-0.39, 0.29) is 5.54 Å². The van der Waals surface area contributed by atoms with Crippen LogP contribution in [0.25, 0.3) is 0 Å². The van der Waals surface area contributed by atoms with Crippen LogP contribution in [0.15, 0.2) is 30.3 Å². The molecule has 2 saturated heterocycles. The molecular formula is C12H14N2O. The SMILES string of the molecule is N=C1OC[C@@]2(c3ccccc3)CCCN12. The van der Waals surface area contributed by atoms with Crippen LogP contribution in [-0.4, -0.2) is 24.1 Å². The standard InChI is InChI=1S/C12H14N2O/c13-11-14-8-4-7-12(14,9-15-11)10-5-2-1-3-6-10/h1-3,5-6,13H,4,7-9H2/t12-/m1/s1. The first kappa shape index (κ1) is 8.77. The molecule has 0 bridgehead atoms. The average molecular weight is 202 g/mol. The third-order valence-corrected chi connectivity index (χ3v) is 3.49. The first-order valence-electron chi connectivity index (χ1n) is 5.37. The number of nitrogens with one attached hydrogen (secondary N) is 1. The van der Waals surface area contributed by atoms with Crippen molar-refractivity contribution in [2.45, 2.75) is 18.4 Å². The highest BCUT2D eigenvalue weighted by Gasteiger charge is 2.49. The lowest BCUT2D eigenvalue weighted by Gasteiger charge is -2.29. The first-order valence-corrected chi connectivity index (χ1v) is 5.37. The Hall–Kier alpha value is -1.51. The highest BCUT2D eigenvalue weighted by atomic mass is 16.5. The lowest BCUT2D eigenvalue weighted by Crippen LogP contribution is -2.39. The smallest absolute Gasteiger partial charge is 0.285 e. The van der Waals surface area contributed by atoms with Gasteiger partial charge >= 0.3 is 0 Å². The molecule has 0 unspecified atom stereocenters. The van der Waals surface area contributed by atoms with Crippen molar-refractivity contribution in [3.8, 4) is 0 Å². The summed E-state index contributed by atoms with van der Waals surface area (Å²) in [6, 6.07) is 10.8. The summed E-state index contributed by atoms with van der Waals surface area (Å²) in [6.45, 7) is 1.59. The van der Waals surface area contributed by atoms with Crippen LogP contribution in [0.1, 0.15) is 18.4 Å². The summed E-state index contributed by atoms with van der Waals surface area (Å²) in [5, 5.41) is 7.75. The molecule has 0 amide bonds. The zero-order valence-electron chi connectivity index (χ0n) is 8.57. The lowest BCUT2D eigenvalue weighted by atomic mass is 9.89. The van der Waals surface area contributed by atoms with Gasteiger partial charge in [0, 0.05) is 6.54 Å². The van der Waals surface area contributed by atoms with Crippen LogP contribution in [0, 0.1) is 5.41 Å². The van der Waals surface area contributed by atoms with E-state index >= 15 is 0 Å². The van der Waals surface area contributed by atoms with Gasteiger partial charge in [-0.1, -0.05) is 30.3 Å². The predicted molar refractivity (Wildman–Crippen MR) is 57.7 cm³/mol. The molecule has 3 rings (SSSR count). The number of benzene rings is 1. The fourth-order valence-electron chi connectivity index (χ4n) is 2.72. The van der Waals surface area contributed by atoms with Crippen LogP contribution >= 0.6 is 0 Å². The Balaban J connectivity index is 2.06. The third kappa shape index (κ3) is 1.09. The van der Waals surface area contributed by atoms with Crippen LogP contribution in [0.3, 0.4) is 0 Å². The van der Waals surface area contributed by atoms with Crippen molar-refractivity contribution in [1.29, 1.82) is 5.41 Å². The van der Waals surface area contributed by atoms with Gasteiger partial charge in [0.25, 0.3) is 6.02 Å². The van der Waals surface area contributed by atoms with E-state index in [1.165, 1.54) is 5.56 Å². The molecule has 2 aliphatic heterocycles. The van der Waals surface area contributed by atoms with Gasteiger partial charge in [0.15, 0.2) is 0 Å². The van der Waals surface area contributed by atoms with Crippen molar-refractivity contribution in [2.24, 2.45) is 0 Å². The Morgan fingerprint density at radius 1 is 1.27 bits per heavy atom. The molecule has 3 nitrogen and oxygen atoms in total. The van der Waals surface area contributed by atoms with Gasteiger partial charge in [-0.3, -0.25) is 5.41 Å². The molecule has 1 aromatic carbocycles. The number of amidine groups is 1. The molecule has 78 valence electrons. The third-order valence-electron chi connectivity index (χ3n) is 3.49. The molecule has 0 radical (unpaired) electrons. The van der Waals surface area contributed by atoms with E-state index in [0.717, 1.165) is 19.4 Å². The fourth-order valence-corrected chi connectivity index (χ4v) is 2.72. The summed E-state index contributed by atoms with van der Waals surface area (Å²) in [5.74, 6) is 0. The lowest BCUT2D eigenvalue weighted by molar-refractivity contribution is 0.224. The Morgan fingerprint density at radius 2 is 2.07 bits per heavy atom. The van der Waals surface area contributed by atoms with Crippen molar-refractivity contribution in [1.82, 2.24) is 4.90 Å². The molecule has 1 atom stereocenters. The Morgan fingerprint density at radius 3 is 2.87 bits per heavy atom. The molecule has 0 aromatic heterocycles. The topological polar surface area (TPSA) is 36.3 Å². The number of rotatable bonds is 1. The minimum Gasteiger partial charge on any atom is -0.462 e. The number of nitrogens with zero attached hydrogens (tertiary/aromatic N) is 1. The van der Waals surface area contributed by atoms with E-state index in [1.54, 1.807) is 0 Å². The maximum absolute atomic E-state index is 7.75. The van der Waals surface area contributed by atoms with Gasteiger partial charge in [-0.05, 0) is 18.4 Å². The summed E-state index contributed by atoms with van der Waals surface area (Å²) in [5.41, 5.74) is 1.24. The van der Waals surface area contributed by atoms with Gasteiger partial charge in [-0.25, -0.2) is 0 Å². The van der Waals surface area contributed by atoms with Gasteiger partial charge in [0.1, 0.15) is 12.1 Å². The largest absolute Gasteiger partial charge is 0.462 e. The zero-order chi connectivity index (χ0) is 10.3. The minimum atomic E-state index is -0.0433. The second-order valence-corrected chi connectivity index (χ2v) is 4.25. The van der Waals surface area contributed by atoms with Gasteiger partial charge in [-0.2, -0.15) is 0 Å². The molecule has 15 heavy (non-hydrogen) atoms.